The summed E-state index contributed by atoms with van der Waals surface area (Å²) in [5, 5.41) is 0. The summed E-state index contributed by atoms with van der Waals surface area (Å²) < 4.78 is 24.7. The maximum Gasteiger partial charge on any atom is 0.128 e. The second-order valence-corrected chi connectivity index (χ2v) is 17.2. The standard InChI is InChI=1S/C45H86N10O4/c1-46(2)17-21-50(9)25-29-54(30-26-51(10)22-18-47(3)4)38-33-42(56-13)40(43(34-38)57-14)37-41-44(58-15)35-39(36-45(41)59-16)55(31-27-52(11)23-19-48(5)6)32-28-53(12)24-20-49(7)8/h33-36H,17-32,37H2,1-16H3. The summed E-state index contributed by atoms with van der Waals surface area (Å²) in [5.41, 5.74) is 4.08. The predicted molar refractivity (Wildman–Crippen MR) is 251 cm³/mol. The van der Waals surface area contributed by atoms with Crippen molar-refractivity contribution in [3.8, 4) is 23.0 Å². The quantitative estimate of drug-likeness (QED) is 0.109. The van der Waals surface area contributed by atoms with Gasteiger partial charge in [-0.05, 0) is 84.6 Å². The highest BCUT2D eigenvalue weighted by Gasteiger charge is 2.23. The van der Waals surface area contributed by atoms with Crippen molar-refractivity contribution in [1.82, 2.24) is 39.2 Å². The summed E-state index contributed by atoms with van der Waals surface area (Å²) >= 11 is 0. The molecule has 0 aromatic heterocycles. The third-order valence-corrected chi connectivity index (χ3v) is 11.0. The van der Waals surface area contributed by atoms with E-state index in [1.807, 2.05) is 0 Å². The molecule has 0 spiro atoms. The van der Waals surface area contributed by atoms with E-state index in [0.717, 1.165) is 150 Å². The summed E-state index contributed by atoms with van der Waals surface area (Å²) in [5.74, 6) is 3.12. The molecule has 0 aliphatic heterocycles. The third kappa shape index (κ3) is 19.5. The second kappa shape index (κ2) is 27.7. The number of hydrogen-bond donors (Lipinski definition) is 0. The van der Waals surface area contributed by atoms with Gasteiger partial charge in [-0.15, -0.1) is 0 Å². The minimum absolute atomic E-state index is 0.514. The summed E-state index contributed by atoms with van der Waals surface area (Å²) in [6.07, 6.45) is 0.514. The third-order valence-electron chi connectivity index (χ3n) is 11.0. The van der Waals surface area contributed by atoms with Crippen LogP contribution in [0.15, 0.2) is 24.3 Å². The summed E-state index contributed by atoms with van der Waals surface area (Å²) in [6, 6.07) is 8.69. The maximum absolute atomic E-state index is 6.17. The van der Waals surface area contributed by atoms with Crippen molar-refractivity contribution >= 4 is 11.4 Å². The van der Waals surface area contributed by atoms with E-state index < -0.39 is 0 Å². The first-order chi connectivity index (χ1) is 28.0. The number of methoxy groups -OCH3 is 4. The Kier molecular flexibility index (Phi) is 24.4. The molecule has 0 saturated carbocycles. The van der Waals surface area contributed by atoms with Crippen molar-refractivity contribution in [2.45, 2.75) is 6.42 Å². The Balaban J connectivity index is 2.52. The van der Waals surface area contributed by atoms with E-state index in [2.05, 4.69) is 158 Å². The number of hydrogen-bond acceptors (Lipinski definition) is 14. The molecule has 0 unspecified atom stereocenters. The Morgan fingerprint density at radius 2 is 0.508 bits per heavy atom. The lowest BCUT2D eigenvalue weighted by molar-refractivity contribution is 0.276. The molecule has 0 N–H and O–H groups in total. The maximum atomic E-state index is 6.17. The first-order valence-corrected chi connectivity index (χ1v) is 21.3. The fraction of sp³-hybridized carbons (Fsp3) is 0.733. The SMILES string of the molecule is COc1cc(N(CCN(C)CCN(C)C)CCN(C)CCN(C)C)cc(OC)c1Cc1c(OC)cc(N(CCN(C)CCN(C)C)CCN(C)CCN(C)C)cc1OC. The van der Waals surface area contributed by atoms with E-state index in [1.165, 1.54) is 0 Å². The van der Waals surface area contributed by atoms with Crippen LogP contribution in [0.3, 0.4) is 0 Å². The van der Waals surface area contributed by atoms with Crippen LogP contribution in [0.4, 0.5) is 11.4 Å². The van der Waals surface area contributed by atoms with Gasteiger partial charge in [0.15, 0.2) is 0 Å². The molecule has 0 aliphatic carbocycles. The number of nitrogens with zero attached hydrogens (tertiary/aromatic N) is 10. The molecule has 59 heavy (non-hydrogen) atoms. The largest absolute Gasteiger partial charge is 0.496 e. The molecule has 0 fully saturated rings. The van der Waals surface area contributed by atoms with E-state index in [9.17, 15) is 0 Å². The lowest BCUT2D eigenvalue weighted by Crippen LogP contribution is -2.40. The first-order valence-electron chi connectivity index (χ1n) is 21.3. The summed E-state index contributed by atoms with van der Waals surface area (Å²) in [7, 11) is 32.8. The van der Waals surface area contributed by atoms with Crippen LogP contribution in [-0.2, 0) is 6.42 Å². The molecular formula is C45H86N10O4. The Bertz CT molecular complexity index is 1250. The number of rotatable bonds is 32. The molecule has 0 aliphatic rings. The fourth-order valence-corrected chi connectivity index (χ4v) is 6.67. The summed E-state index contributed by atoms with van der Waals surface area (Å²) in [6.45, 7) is 15.4. The van der Waals surface area contributed by atoms with Crippen LogP contribution >= 0.6 is 0 Å². The second-order valence-electron chi connectivity index (χ2n) is 17.2. The smallest absolute Gasteiger partial charge is 0.128 e. The zero-order valence-corrected chi connectivity index (χ0v) is 40.4. The van der Waals surface area contributed by atoms with Crippen LogP contribution < -0.4 is 28.7 Å². The molecule has 2 aromatic rings. The van der Waals surface area contributed by atoms with Crippen LogP contribution in [0, 0.1) is 0 Å². The lowest BCUT2D eigenvalue weighted by atomic mass is 9.99. The molecule has 0 saturated heterocycles. The van der Waals surface area contributed by atoms with Gasteiger partial charge in [0.05, 0.1) is 28.4 Å². The van der Waals surface area contributed by atoms with Gasteiger partial charge in [0.1, 0.15) is 23.0 Å². The van der Waals surface area contributed by atoms with Crippen LogP contribution in [0.1, 0.15) is 11.1 Å². The Morgan fingerprint density at radius 1 is 0.305 bits per heavy atom. The van der Waals surface area contributed by atoms with Gasteiger partial charge in [-0.3, -0.25) is 0 Å². The Hall–Kier alpha value is -3.08. The van der Waals surface area contributed by atoms with Crippen LogP contribution in [0.2, 0.25) is 0 Å². The van der Waals surface area contributed by atoms with E-state index >= 15 is 0 Å². The molecule has 14 nitrogen and oxygen atoms in total. The predicted octanol–water partition coefficient (Wildman–Crippen LogP) is 2.90. The fourth-order valence-electron chi connectivity index (χ4n) is 6.67. The molecule has 14 heteroatoms. The number of likely N-dealkylation sites (N-methyl/N-ethyl adjacent to an activating group) is 8. The highest BCUT2D eigenvalue weighted by molar-refractivity contribution is 5.65. The monoisotopic (exact) mass is 831 g/mol. The normalized spacial score (nSPS) is 12.1. The van der Waals surface area contributed by atoms with Gasteiger partial charge in [-0.2, -0.15) is 0 Å². The number of benzene rings is 2. The zero-order chi connectivity index (χ0) is 44.1. The van der Waals surface area contributed by atoms with Gasteiger partial charge < -0.3 is 67.9 Å². The minimum atomic E-state index is 0.514. The number of anilines is 2. The minimum Gasteiger partial charge on any atom is -0.496 e. The molecule has 0 atom stereocenters. The Labute approximate surface area is 361 Å². The van der Waals surface area contributed by atoms with Gasteiger partial charge >= 0.3 is 0 Å². The average Bonchev–Trinajstić information content (AvgIpc) is 3.20. The van der Waals surface area contributed by atoms with Gasteiger partial charge in [0.2, 0.25) is 0 Å². The van der Waals surface area contributed by atoms with E-state index in [4.69, 9.17) is 18.9 Å². The molecule has 340 valence electrons. The number of ether oxygens (including phenoxy) is 4. The Morgan fingerprint density at radius 3 is 0.695 bits per heavy atom. The van der Waals surface area contributed by atoms with Crippen molar-refractivity contribution in [2.75, 3.05) is 228 Å². The van der Waals surface area contributed by atoms with Gasteiger partial charge in [0, 0.05) is 158 Å². The molecule has 0 amide bonds. The van der Waals surface area contributed by atoms with E-state index in [1.54, 1.807) is 28.4 Å². The van der Waals surface area contributed by atoms with E-state index in [-0.39, 0.29) is 0 Å². The highest BCUT2D eigenvalue weighted by Crippen LogP contribution is 2.42. The molecule has 0 bridgehead atoms. The van der Waals surface area contributed by atoms with Crippen molar-refractivity contribution in [3.63, 3.8) is 0 Å². The first kappa shape index (κ1) is 52.1. The molecule has 2 aromatic carbocycles. The summed E-state index contributed by atoms with van der Waals surface area (Å²) in [4.78, 5) is 23.5. The van der Waals surface area contributed by atoms with Gasteiger partial charge in [-0.25, -0.2) is 0 Å². The van der Waals surface area contributed by atoms with Crippen molar-refractivity contribution < 1.29 is 18.9 Å². The molecular weight excluding hydrogens is 745 g/mol. The highest BCUT2D eigenvalue weighted by atomic mass is 16.5. The van der Waals surface area contributed by atoms with E-state index in [0.29, 0.717) is 6.42 Å². The van der Waals surface area contributed by atoms with Crippen molar-refractivity contribution in [1.29, 1.82) is 0 Å². The topological polar surface area (TPSA) is 69.3 Å². The van der Waals surface area contributed by atoms with Crippen LogP contribution in [0.5, 0.6) is 23.0 Å². The molecule has 2 rings (SSSR count). The van der Waals surface area contributed by atoms with Crippen LogP contribution in [0.25, 0.3) is 0 Å². The molecule has 0 radical (unpaired) electrons. The van der Waals surface area contributed by atoms with Crippen molar-refractivity contribution in [3.05, 3.63) is 35.4 Å². The van der Waals surface area contributed by atoms with Gasteiger partial charge in [0.25, 0.3) is 0 Å². The lowest BCUT2D eigenvalue weighted by Gasteiger charge is -2.31. The van der Waals surface area contributed by atoms with Crippen molar-refractivity contribution in [2.24, 2.45) is 0 Å². The van der Waals surface area contributed by atoms with Gasteiger partial charge in [-0.1, -0.05) is 0 Å². The zero-order valence-electron chi connectivity index (χ0n) is 40.4. The average molecular weight is 831 g/mol. The molecule has 0 heterocycles. The van der Waals surface area contributed by atoms with Crippen LogP contribution in [-0.4, -0.2) is 257 Å².